The lowest BCUT2D eigenvalue weighted by Crippen LogP contribution is -2.23. The summed E-state index contributed by atoms with van der Waals surface area (Å²) in [7, 11) is 3.21. The van der Waals surface area contributed by atoms with Gasteiger partial charge in [-0.3, -0.25) is 4.99 Å². The molecule has 0 aliphatic heterocycles. The molecular formula is C18H30IN3O3. The van der Waals surface area contributed by atoms with Crippen molar-refractivity contribution in [2.75, 3.05) is 32.7 Å². The Morgan fingerprint density at radius 1 is 1.16 bits per heavy atom. The van der Waals surface area contributed by atoms with Gasteiger partial charge in [0.25, 0.3) is 0 Å². The van der Waals surface area contributed by atoms with E-state index >= 15 is 0 Å². The average Bonchev–Trinajstić information content (AvgIpc) is 2.62. The zero-order chi connectivity index (χ0) is 17.2. The molecule has 7 heteroatoms. The number of hydrogen-bond donors (Lipinski definition) is 2. The number of rotatable bonds is 8. The predicted octanol–water partition coefficient (Wildman–Crippen LogP) is 3.79. The summed E-state index contributed by atoms with van der Waals surface area (Å²) in [5.74, 6) is 1.72. The van der Waals surface area contributed by atoms with Crippen LogP contribution in [-0.4, -0.2) is 39.4 Å². The molecule has 3 N–H and O–H groups in total. The van der Waals surface area contributed by atoms with E-state index in [9.17, 15) is 0 Å². The molecule has 0 radical (unpaired) electrons. The largest absolute Gasteiger partial charge is 0.493 e. The van der Waals surface area contributed by atoms with Crippen LogP contribution in [0.15, 0.2) is 23.2 Å². The normalized spacial score (nSPS) is 15.4. The van der Waals surface area contributed by atoms with Crippen molar-refractivity contribution in [3.8, 4) is 11.5 Å². The fraction of sp³-hybridized carbons (Fsp3) is 0.611. The van der Waals surface area contributed by atoms with Gasteiger partial charge < -0.3 is 25.3 Å². The van der Waals surface area contributed by atoms with E-state index in [-0.39, 0.29) is 24.0 Å². The van der Waals surface area contributed by atoms with E-state index in [0.29, 0.717) is 30.1 Å². The Morgan fingerprint density at radius 2 is 1.88 bits per heavy atom. The smallest absolute Gasteiger partial charge is 0.193 e. The molecule has 0 atom stereocenters. The number of anilines is 1. The molecule has 0 saturated heterocycles. The zero-order valence-electron chi connectivity index (χ0n) is 15.1. The van der Waals surface area contributed by atoms with Crippen LogP contribution in [0.4, 0.5) is 5.69 Å². The van der Waals surface area contributed by atoms with Gasteiger partial charge in [-0.05, 0) is 31.4 Å². The van der Waals surface area contributed by atoms with Gasteiger partial charge in [0.05, 0.1) is 20.3 Å². The summed E-state index contributed by atoms with van der Waals surface area (Å²) in [4.78, 5) is 4.33. The molecule has 1 fully saturated rings. The van der Waals surface area contributed by atoms with Crippen LogP contribution in [-0.2, 0) is 4.74 Å². The van der Waals surface area contributed by atoms with Gasteiger partial charge in [0.2, 0.25) is 0 Å². The topological polar surface area (TPSA) is 78.1 Å². The van der Waals surface area contributed by atoms with Crippen molar-refractivity contribution in [3.05, 3.63) is 18.2 Å². The maximum absolute atomic E-state index is 5.92. The minimum Gasteiger partial charge on any atom is -0.493 e. The third-order valence-corrected chi connectivity index (χ3v) is 4.15. The number of aliphatic imine (C=N–C) groups is 1. The quantitative estimate of drug-likeness (QED) is 0.266. The van der Waals surface area contributed by atoms with Gasteiger partial charge in [0, 0.05) is 24.9 Å². The van der Waals surface area contributed by atoms with Crippen molar-refractivity contribution in [3.63, 3.8) is 0 Å². The Balaban J connectivity index is 0.00000312. The van der Waals surface area contributed by atoms with Crippen molar-refractivity contribution < 1.29 is 14.2 Å². The maximum atomic E-state index is 5.92. The summed E-state index contributed by atoms with van der Waals surface area (Å²) in [5, 5.41) is 3.06. The summed E-state index contributed by atoms with van der Waals surface area (Å²) < 4.78 is 16.4. The monoisotopic (exact) mass is 463 g/mol. The first-order chi connectivity index (χ1) is 11.7. The fourth-order valence-corrected chi connectivity index (χ4v) is 2.85. The predicted molar refractivity (Wildman–Crippen MR) is 113 cm³/mol. The van der Waals surface area contributed by atoms with Gasteiger partial charge in [-0.2, -0.15) is 0 Å². The molecule has 0 amide bonds. The number of halogens is 1. The molecular weight excluding hydrogens is 433 g/mol. The molecule has 142 valence electrons. The third kappa shape index (κ3) is 7.68. The second-order valence-electron chi connectivity index (χ2n) is 5.95. The molecule has 0 bridgehead atoms. The molecule has 1 saturated carbocycles. The molecule has 0 heterocycles. The van der Waals surface area contributed by atoms with Crippen molar-refractivity contribution >= 4 is 35.6 Å². The number of methoxy groups -OCH3 is 2. The molecule has 1 aliphatic rings. The van der Waals surface area contributed by atoms with Crippen molar-refractivity contribution in [1.29, 1.82) is 0 Å². The van der Waals surface area contributed by atoms with Gasteiger partial charge in [0.15, 0.2) is 17.5 Å². The van der Waals surface area contributed by atoms with E-state index in [1.165, 1.54) is 32.1 Å². The Morgan fingerprint density at radius 3 is 2.56 bits per heavy atom. The van der Waals surface area contributed by atoms with E-state index < -0.39 is 0 Å². The third-order valence-electron chi connectivity index (χ3n) is 4.15. The van der Waals surface area contributed by atoms with E-state index in [4.69, 9.17) is 19.9 Å². The Bertz CT molecular complexity index is 534. The first-order valence-corrected chi connectivity index (χ1v) is 8.63. The highest BCUT2D eigenvalue weighted by molar-refractivity contribution is 14.0. The van der Waals surface area contributed by atoms with Crippen LogP contribution < -0.4 is 20.5 Å². The molecule has 2 rings (SSSR count). The van der Waals surface area contributed by atoms with E-state index in [1.807, 2.05) is 18.2 Å². The summed E-state index contributed by atoms with van der Waals surface area (Å²) in [6.07, 6.45) is 7.67. The fourth-order valence-electron chi connectivity index (χ4n) is 2.85. The van der Waals surface area contributed by atoms with Crippen molar-refractivity contribution in [2.45, 2.75) is 44.6 Å². The van der Waals surface area contributed by atoms with Crippen LogP contribution in [0, 0.1) is 0 Å². The molecule has 1 aromatic carbocycles. The lowest BCUT2D eigenvalue weighted by atomic mass is 9.98. The van der Waals surface area contributed by atoms with E-state index in [0.717, 1.165) is 18.7 Å². The SMILES string of the molecule is COc1ccc(NC(N)=NCCCOC2CCCCC2)cc1OC.I. The number of nitrogens with zero attached hydrogens (tertiary/aromatic N) is 1. The number of benzene rings is 1. The number of guanidine groups is 1. The van der Waals surface area contributed by atoms with Gasteiger partial charge in [-0.25, -0.2) is 0 Å². The highest BCUT2D eigenvalue weighted by Gasteiger charge is 2.12. The molecule has 0 spiro atoms. The molecule has 1 aromatic rings. The van der Waals surface area contributed by atoms with Gasteiger partial charge >= 0.3 is 0 Å². The summed E-state index contributed by atoms with van der Waals surface area (Å²) >= 11 is 0. The number of nitrogens with two attached hydrogens (primary N) is 1. The highest BCUT2D eigenvalue weighted by atomic mass is 127. The first-order valence-electron chi connectivity index (χ1n) is 8.63. The molecule has 0 aromatic heterocycles. The molecule has 0 unspecified atom stereocenters. The van der Waals surface area contributed by atoms with Crippen LogP contribution in [0.1, 0.15) is 38.5 Å². The van der Waals surface area contributed by atoms with E-state index in [1.54, 1.807) is 14.2 Å². The van der Waals surface area contributed by atoms with Gasteiger partial charge in [-0.1, -0.05) is 19.3 Å². The number of ether oxygens (including phenoxy) is 3. The second kappa shape index (κ2) is 12.2. The van der Waals surface area contributed by atoms with Crippen molar-refractivity contribution in [1.82, 2.24) is 0 Å². The van der Waals surface area contributed by atoms with Crippen LogP contribution in [0.2, 0.25) is 0 Å². The zero-order valence-corrected chi connectivity index (χ0v) is 17.5. The lowest BCUT2D eigenvalue weighted by molar-refractivity contribution is 0.0281. The van der Waals surface area contributed by atoms with Crippen LogP contribution in [0.5, 0.6) is 11.5 Å². The Kier molecular flexibility index (Phi) is 10.6. The number of hydrogen-bond acceptors (Lipinski definition) is 4. The van der Waals surface area contributed by atoms with Crippen molar-refractivity contribution in [2.24, 2.45) is 10.7 Å². The second-order valence-corrected chi connectivity index (χ2v) is 5.95. The minimum atomic E-state index is 0. The van der Waals surface area contributed by atoms with Gasteiger partial charge in [-0.15, -0.1) is 24.0 Å². The van der Waals surface area contributed by atoms with Crippen LogP contribution in [0.3, 0.4) is 0 Å². The molecule has 1 aliphatic carbocycles. The lowest BCUT2D eigenvalue weighted by Gasteiger charge is -2.21. The maximum Gasteiger partial charge on any atom is 0.193 e. The highest BCUT2D eigenvalue weighted by Crippen LogP contribution is 2.29. The summed E-state index contributed by atoms with van der Waals surface area (Å²) in [5.41, 5.74) is 6.73. The Hall–Kier alpha value is -1.22. The van der Waals surface area contributed by atoms with Gasteiger partial charge in [0.1, 0.15) is 0 Å². The van der Waals surface area contributed by atoms with E-state index in [2.05, 4.69) is 10.3 Å². The summed E-state index contributed by atoms with van der Waals surface area (Å²) in [6, 6.07) is 5.52. The van der Waals surface area contributed by atoms with Crippen LogP contribution >= 0.6 is 24.0 Å². The molecule has 25 heavy (non-hydrogen) atoms. The summed E-state index contributed by atoms with van der Waals surface area (Å²) in [6.45, 7) is 1.40. The average molecular weight is 463 g/mol. The Labute approximate surface area is 167 Å². The standard InChI is InChI=1S/C18H29N3O3.HI/c1-22-16-10-9-14(13-17(16)23-2)21-18(19)20-11-6-12-24-15-7-4-3-5-8-15;/h9-10,13,15H,3-8,11-12H2,1-2H3,(H3,19,20,21);1H. The molecule has 6 nitrogen and oxygen atoms in total. The minimum absolute atomic E-state index is 0. The first kappa shape index (κ1) is 21.8. The number of nitrogens with one attached hydrogen (secondary N) is 1. The van der Waals surface area contributed by atoms with Crippen LogP contribution in [0.25, 0.3) is 0 Å².